The summed E-state index contributed by atoms with van der Waals surface area (Å²) in [5.41, 5.74) is 0.918. The number of carbonyl (C=O) groups excluding carboxylic acids is 1. The molecule has 0 spiro atoms. The minimum atomic E-state index is -0.234. The minimum absolute atomic E-state index is 0.0568. The van der Waals surface area contributed by atoms with Gasteiger partial charge in [-0.1, -0.05) is 6.92 Å². The van der Waals surface area contributed by atoms with Crippen LogP contribution in [0.3, 0.4) is 0 Å². The van der Waals surface area contributed by atoms with Crippen LogP contribution in [0.2, 0.25) is 0 Å². The fourth-order valence-corrected chi connectivity index (χ4v) is 1.57. The van der Waals surface area contributed by atoms with E-state index in [0.29, 0.717) is 0 Å². The summed E-state index contributed by atoms with van der Waals surface area (Å²) < 4.78 is 5.50. The molecule has 4 heteroatoms. The third kappa shape index (κ3) is 4.28. The molecule has 1 aromatic carbocycles. The fourth-order valence-electron chi connectivity index (χ4n) is 1.57. The Kier molecular flexibility index (Phi) is 5.49. The predicted molar refractivity (Wildman–Crippen MR) is 74.0 cm³/mol. The van der Waals surface area contributed by atoms with Crippen molar-refractivity contribution in [2.24, 2.45) is 0 Å². The van der Waals surface area contributed by atoms with Gasteiger partial charge in [0, 0.05) is 19.8 Å². The molecule has 4 nitrogen and oxygen atoms in total. The van der Waals surface area contributed by atoms with Gasteiger partial charge in [-0.2, -0.15) is 0 Å². The Morgan fingerprint density at radius 2 is 1.94 bits per heavy atom. The molecule has 18 heavy (non-hydrogen) atoms. The third-order valence-electron chi connectivity index (χ3n) is 2.52. The molecule has 0 bridgehead atoms. The number of ether oxygens (including phenoxy) is 1. The number of hydrogen-bond acceptors (Lipinski definition) is 3. The Morgan fingerprint density at radius 3 is 2.44 bits per heavy atom. The molecule has 0 fully saturated rings. The minimum Gasteiger partial charge on any atom is -0.494 e. The number of likely N-dealkylation sites (N-methyl/N-ethyl adjacent to an activating group) is 1. The quantitative estimate of drug-likeness (QED) is 0.842. The van der Waals surface area contributed by atoms with Gasteiger partial charge in [0.1, 0.15) is 11.8 Å². The zero-order valence-corrected chi connectivity index (χ0v) is 11.6. The molecule has 1 N–H and O–H groups in total. The van der Waals surface area contributed by atoms with Gasteiger partial charge in [-0.15, -0.1) is 0 Å². The topological polar surface area (TPSA) is 41.6 Å². The van der Waals surface area contributed by atoms with E-state index in [9.17, 15) is 4.79 Å². The Balaban J connectivity index is 2.55. The molecule has 1 aromatic rings. The molecule has 0 heterocycles. The lowest BCUT2D eigenvalue weighted by molar-refractivity contribution is -0.129. The third-order valence-corrected chi connectivity index (χ3v) is 2.52. The molecule has 0 aliphatic rings. The number of amides is 1. The Hall–Kier alpha value is -1.71. The van der Waals surface area contributed by atoms with Crippen LogP contribution >= 0.6 is 0 Å². The first-order chi connectivity index (χ1) is 8.54. The summed E-state index contributed by atoms with van der Waals surface area (Å²) in [5.74, 6) is 0.912. The van der Waals surface area contributed by atoms with E-state index in [4.69, 9.17) is 4.74 Å². The molecule has 0 saturated carbocycles. The molecule has 0 aliphatic carbocycles. The molecule has 1 unspecified atom stereocenters. The fraction of sp³-hybridized carbons (Fsp3) is 0.500. The van der Waals surface area contributed by atoms with Gasteiger partial charge in [0.25, 0.3) is 0 Å². The maximum Gasteiger partial charge on any atom is 0.244 e. The van der Waals surface area contributed by atoms with E-state index >= 15 is 0 Å². The van der Waals surface area contributed by atoms with Crippen molar-refractivity contribution in [3.8, 4) is 5.75 Å². The van der Waals surface area contributed by atoms with Crippen molar-refractivity contribution in [1.29, 1.82) is 0 Å². The number of rotatable bonds is 6. The highest BCUT2D eigenvalue weighted by Gasteiger charge is 2.13. The standard InChI is InChI=1S/C14H22N2O2/c1-5-10-18-13-8-6-12(7-9-13)15-11(2)14(17)16(3)4/h6-9,11,15H,5,10H2,1-4H3. The van der Waals surface area contributed by atoms with Gasteiger partial charge in [-0.3, -0.25) is 4.79 Å². The zero-order chi connectivity index (χ0) is 13.5. The lowest BCUT2D eigenvalue weighted by Gasteiger charge is -2.19. The summed E-state index contributed by atoms with van der Waals surface area (Å²) in [7, 11) is 3.50. The van der Waals surface area contributed by atoms with E-state index in [1.165, 1.54) is 0 Å². The van der Waals surface area contributed by atoms with Crippen LogP contribution in [0.25, 0.3) is 0 Å². The highest BCUT2D eigenvalue weighted by molar-refractivity contribution is 5.83. The normalized spacial score (nSPS) is 11.8. The van der Waals surface area contributed by atoms with Crippen LogP contribution in [0.1, 0.15) is 20.3 Å². The van der Waals surface area contributed by atoms with Gasteiger partial charge in [0.2, 0.25) is 5.91 Å². The van der Waals surface area contributed by atoms with Gasteiger partial charge in [0.05, 0.1) is 6.61 Å². The first-order valence-corrected chi connectivity index (χ1v) is 6.25. The summed E-state index contributed by atoms with van der Waals surface area (Å²) in [4.78, 5) is 13.3. The molecule has 0 saturated heterocycles. The average molecular weight is 250 g/mol. The number of nitrogens with zero attached hydrogens (tertiary/aromatic N) is 1. The second-order valence-electron chi connectivity index (χ2n) is 4.47. The smallest absolute Gasteiger partial charge is 0.244 e. The van der Waals surface area contributed by atoms with Gasteiger partial charge >= 0.3 is 0 Å². The summed E-state index contributed by atoms with van der Waals surface area (Å²) in [6, 6.07) is 7.42. The van der Waals surface area contributed by atoms with Crippen LogP contribution in [0, 0.1) is 0 Å². The molecule has 0 radical (unpaired) electrons. The van der Waals surface area contributed by atoms with Crippen LogP contribution in [-0.4, -0.2) is 37.6 Å². The lowest BCUT2D eigenvalue weighted by Crippen LogP contribution is -2.36. The van der Waals surface area contributed by atoms with Crippen LogP contribution in [0.4, 0.5) is 5.69 Å². The van der Waals surface area contributed by atoms with Crippen LogP contribution in [0.5, 0.6) is 5.75 Å². The van der Waals surface area contributed by atoms with Gasteiger partial charge < -0.3 is 15.0 Å². The highest BCUT2D eigenvalue weighted by Crippen LogP contribution is 2.16. The van der Waals surface area contributed by atoms with E-state index < -0.39 is 0 Å². The summed E-state index contributed by atoms with van der Waals surface area (Å²) in [6.45, 7) is 4.65. The second kappa shape index (κ2) is 6.89. The monoisotopic (exact) mass is 250 g/mol. The van der Waals surface area contributed by atoms with Gasteiger partial charge in [-0.05, 0) is 37.6 Å². The van der Waals surface area contributed by atoms with Crippen molar-refractivity contribution in [2.45, 2.75) is 26.3 Å². The molecule has 1 rings (SSSR count). The maximum atomic E-state index is 11.7. The molecule has 1 atom stereocenters. The number of anilines is 1. The molecular weight excluding hydrogens is 228 g/mol. The van der Waals surface area contributed by atoms with Crippen LogP contribution in [-0.2, 0) is 4.79 Å². The average Bonchev–Trinajstić information content (AvgIpc) is 2.36. The maximum absolute atomic E-state index is 11.7. The predicted octanol–water partition coefficient (Wildman–Crippen LogP) is 2.36. The summed E-state index contributed by atoms with van der Waals surface area (Å²) >= 11 is 0. The number of carbonyl (C=O) groups is 1. The number of nitrogens with one attached hydrogen (secondary N) is 1. The van der Waals surface area contributed by atoms with E-state index in [1.54, 1.807) is 19.0 Å². The van der Waals surface area contributed by atoms with E-state index in [2.05, 4.69) is 12.2 Å². The van der Waals surface area contributed by atoms with Gasteiger partial charge in [0.15, 0.2) is 0 Å². The number of hydrogen-bond donors (Lipinski definition) is 1. The first kappa shape index (κ1) is 14.4. The first-order valence-electron chi connectivity index (χ1n) is 6.25. The Bertz CT molecular complexity index is 374. The van der Waals surface area contributed by atoms with E-state index in [1.807, 2.05) is 31.2 Å². The second-order valence-corrected chi connectivity index (χ2v) is 4.47. The van der Waals surface area contributed by atoms with Crippen molar-refractivity contribution in [3.63, 3.8) is 0 Å². The molecule has 100 valence electrons. The van der Waals surface area contributed by atoms with Crippen LogP contribution < -0.4 is 10.1 Å². The highest BCUT2D eigenvalue weighted by atomic mass is 16.5. The van der Waals surface area contributed by atoms with Crippen molar-refractivity contribution < 1.29 is 9.53 Å². The van der Waals surface area contributed by atoms with Crippen molar-refractivity contribution in [3.05, 3.63) is 24.3 Å². The number of benzene rings is 1. The molecule has 1 amide bonds. The molecule has 0 aromatic heterocycles. The van der Waals surface area contributed by atoms with Crippen molar-refractivity contribution >= 4 is 11.6 Å². The van der Waals surface area contributed by atoms with Gasteiger partial charge in [-0.25, -0.2) is 0 Å². The van der Waals surface area contributed by atoms with E-state index in [-0.39, 0.29) is 11.9 Å². The van der Waals surface area contributed by atoms with Crippen molar-refractivity contribution in [2.75, 3.05) is 26.0 Å². The molecule has 0 aliphatic heterocycles. The summed E-state index contributed by atoms with van der Waals surface area (Å²) in [6.07, 6.45) is 0.994. The lowest BCUT2D eigenvalue weighted by atomic mass is 10.2. The van der Waals surface area contributed by atoms with Crippen LogP contribution in [0.15, 0.2) is 24.3 Å². The SMILES string of the molecule is CCCOc1ccc(NC(C)C(=O)N(C)C)cc1. The largest absolute Gasteiger partial charge is 0.494 e. The van der Waals surface area contributed by atoms with E-state index in [0.717, 1.165) is 24.5 Å². The van der Waals surface area contributed by atoms with Crippen molar-refractivity contribution in [1.82, 2.24) is 4.90 Å². The Labute approximate surface area is 109 Å². The zero-order valence-electron chi connectivity index (χ0n) is 11.6. The Morgan fingerprint density at radius 1 is 1.33 bits per heavy atom. The molecular formula is C14H22N2O2. The summed E-state index contributed by atoms with van der Waals surface area (Å²) in [5, 5.41) is 3.16.